The number of nitrogens with zero attached hydrogens (tertiary/aromatic N) is 5. The number of fused-ring (bicyclic) bond motifs is 7. The van der Waals surface area contributed by atoms with E-state index in [9.17, 15) is 0 Å². The molecule has 0 atom stereocenters. The second-order valence-corrected chi connectivity index (χ2v) is 16.7. The molecule has 0 bridgehead atoms. The number of benzene rings is 6. The number of aromatic nitrogens is 3. The standard InChI is InChI=1S/C50H42N5O.Pt/c1-49(2,3)33-25-26-51-48(27-33)55-45-29-37(56-36-18-14-17-35(28-36)52-32-53(50(4,5)6)44-22-13-12-21-43(44)52)23-24-39(45)41-30-40-38-19-10-11-20-42(38)54(46(40)31-47(41)55)34-15-8-7-9-16-34;/h7-27,30-32H,1-6H3;/q-3;. The Hall–Kier alpha value is -5.84. The molecule has 0 saturated carbocycles. The summed E-state index contributed by atoms with van der Waals surface area (Å²) in [6.07, 6.45) is 1.92. The van der Waals surface area contributed by atoms with Gasteiger partial charge in [0.2, 0.25) is 0 Å². The number of anilines is 3. The van der Waals surface area contributed by atoms with Gasteiger partial charge in [0, 0.05) is 77.7 Å². The summed E-state index contributed by atoms with van der Waals surface area (Å²) in [5, 5.41) is 4.63. The fourth-order valence-electron chi connectivity index (χ4n) is 8.14. The Morgan fingerprint density at radius 1 is 0.579 bits per heavy atom. The van der Waals surface area contributed by atoms with Gasteiger partial charge in [0.25, 0.3) is 0 Å². The maximum absolute atomic E-state index is 6.63. The van der Waals surface area contributed by atoms with Crippen molar-refractivity contribution in [3.05, 3.63) is 164 Å². The van der Waals surface area contributed by atoms with Crippen molar-refractivity contribution in [1.82, 2.24) is 14.1 Å². The predicted molar refractivity (Wildman–Crippen MR) is 231 cm³/mol. The molecule has 10 rings (SSSR count). The van der Waals surface area contributed by atoms with Crippen LogP contribution in [0.2, 0.25) is 0 Å². The van der Waals surface area contributed by atoms with Crippen LogP contribution in [0.4, 0.5) is 17.1 Å². The second kappa shape index (κ2) is 13.7. The summed E-state index contributed by atoms with van der Waals surface area (Å²) in [5.74, 6) is 2.06. The van der Waals surface area contributed by atoms with E-state index in [-0.39, 0.29) is 32.0 Å². The molecule has 6 nitrogen and oxygen atoms in total. The number of pyridine rings is 1. The van der Waals surface area contributed by atoms with Crippen LogP contribution in [0.3, 0.4) is 0 Å². The SMILES string of the molecule is CC(C)(C)c1ccnc(-n2c3[c-]c(Oc4[c-]c(N5[CH-]N(C(C)(C)C)c6ccccc65)ccc4)ccc3c3cc4c5ccccc5n(-c5ccccc5)c4cc32)c1.[Pt]. The van der Waals surface area contributed by atoms with Crippen molar-refractivity contribution in [2.24, 2.45) is 0 Å². The minimum absolute atomic E-state index is 0. The summed E-state index contributed by atoms with van der Waals surface area (Å²) >= 11 is 0. The summed E-state index contributed by atoms with van der Waals surface area (Å²) in [6.45, 7) is 15.5. The molecule has 9 aromatic rings. The largest absolute Gasteiger partial charge is 0.509 e. The van der Waals surface area contributed by atoms with Crippen LogP contribution < -0.4 is 14.5 Å². The molecule has 0 spiro atoms. The van der Waals surface area contributed by atoms with Gasteiger partial charge >= 0.3 is 0 Å². The molecule has 0 unspecified atom stereocenters. The van der Waals surface area contributed by atoms with E-state index in [1.807, 2.05) is 24.4 Å². The van der Waals surface area contributed by atoms with Gasteiger partial charge in [-0.15, -0.1) is 41.4 Å². The molecule has 3 aromatic heterocycles. The van der Waals surface area contributed by atoms with Gasteiger partial charge in [0.1, 0.15) is 5.82 Å². The van der Waals surface area contributed by atoms with Gasteiger partial charge in [0.05, 0.1) is 11.0 Å². The topological polar surface area (TPSA) is 38.5 Å². The third kappa shape index (κ3) is 6.18. The van der Waals surface area contributed by atoms with E-state index in [4.69, 9.17) is 9.72 Å². The van der Waals surface area contributed by atoms with Gasteiger partial charge in [0.15, 0.2) is 0 Å². The summed E-state index contributed by atoms with van der Waals surface area (Å²) in [5.41, 5.74) is 9.62. The average molecular weight is 924 g/mol. The van der Waals surface area contributed by atoms with Crippen molar-refractivity contribution in [2.75, 3.05) is 9.80 Å². The maximum Gasteiger partial charge on any atom is 0.135 e. The van der Waals surface area contributed by atoms with Gasteiger partial charge in [-0.05, 0) is 85.7 Å². The zero-order valence-corrected chi connectivity index (χ0v) is 35.1. The molecule has 4 heterocycles. The van der Waals surface area contributed by atoms with E-state index in [0.29, 0.717) is 11.5 Å². The van der Waals surface area contributed by atoms with Gasteiger partial charge in [-0.25, -0.2) is 4.98 Å². The Morgan fingerprint density at radius 2 is 1.28 bits per heavy atom. The Morgan fingerprint density at radius 3 is 2.07 bits per heavy atom. The number of hydrogen-bond donors (Lipinski definition) is 0. The first-order valence-electron chi connectivity index (χ1n) is 19.2. The first kappa shape index (κ1) is 36.8. The molecule has 0 radical (unpaired) electrons. The van der Waals surface area contributed by atoms with Crippen LogP contribution in [0.25, 0.3) is 55.1 Å². The third-order valence-corrected chi connectivity index (χ3v) is 10.9. The number of ether oxygens (including phenoxy) is 1. The van der Waals surface area contributed by atoms with Gasteiger partial charge < -0.3 is 23.7 Å². The van der Waals surface area contributed by atoms with Gasteiger partial charge in [-0.2, -0.15) is 18.8 Å². The average Bonchev–Trinajstić information content (AvgIpc) is 3.85. The zero-order chi connectivity index (χ0) is 38.3. The van der Waals surface area contributed by atoms with Crippen LogP contribution in [-0.2, 0) is 26.5 Å². The molecule has 0 fully saturated rings. The van der Waals surface area contributed by atoms with Gasteiger partial charge in [-0.1, -0.05) is 80.9 Å². The summed E-state index contributed by atoms with van der Waals surface area (Å²) in [7, 11) is 0. The van der Waals surface area contributed by atoms with Crippen molar-refractivity contribution < 1.29 is 25.8 Å². The van der Waals surface area contributed by atoms with Crippen molar-refractivity contribution in [1.29, 1.82) is 0 Å². The molecule has 7 heteroatoms. The van der Waals surface area contributed by atoms with Crippen LogP contribution in [0, 0.1) is 18.8 Å². The van der Waals surface area contributed by atoms with Crippen LogP contribution in [0.15, 0.2) is 140 Å². The smallest absolute Gasteiger partial charge is 0.135 e. The van der Waals surface area contributed by atoms with Crippen molar-refractivity contribution in [2.45, 2.75) is 52.5 Å². The number of rotatable bonds is 5. The molecule has 0 aliphatic carbocycles. The van der Waals surface area contributed by atoms with E-state index >= 15 is 0 Å². The Kier molecular flexibility index (Phi) is 8.82. The van der Waals surface area contributed by atoms with Crippen molar-refractivity contribution in [3.63, 3.8) is 0 Å². The van der Waals surface area contributed by atoms with E-state index in [1.54, 1.807) is 0 Å². The minimum atomic E-state index is -0.0909. The summed E-state index contributed by atoms with van der Waals surface area (Å²) in [4.78, 5) is 9.48. The fourth-order valence-corrected chi connectivity index (χ4v) is 8.14. The first-order valence-corrected chi connectivity index (χ1v) is 19.2. The molecule has 0 N–H and O–H groups in total. The first-order chi connectivity index (χ1) is 27.0. The Balaban J connectivity index is 0.00000422. The molecular weight excluding hydrogens is 882 g/mol. The van der Waals surface area contributed by atoms with E-state index in [0.717, 1.165) is 55.9 Å². The Labute approximate surface area is 348 Å². The molecule has 1 aliphatic rings. The summed E-state index contributed by atoms with van der Waals surface area (Å²) in [6, 6.07) is 54.2. The predicted octanol–water partition coefficient (Wildman–Crippen LogP) is 12.8. The molecule has 6 aromatic carbocycles. The third-order valence-electron chi connectivity index (χ3n) is 10.9. The second-order valence-electron chi connectivity index (χ2n) is 16.7. The van der Waals surface area contributed by atoms with Gasteiger partial charge in [-0.3, -0.25) is 0 Å². The molecule has 1 aliphatic heterocycles. The van der Waals surface area contributed by atoms with Crippen LogP contribution in [-0.4, -0.2) is 19.7 Å². The molecular formula is C50H42N5OPt-3. The zero-order valence-electron chi connectivity index (χ0n) is 32.8. The molecule has 57 heavy (non-hydrogen) atoms. The van der Waals surface area contributed by atoms with E-state index in [1.165, 1.54) is 21.9 Å². The maximum atomic E-state index is 6.63. The number of para-hydroxylation sites is 4. The van der Waals surface area contributed by atoms with Crippen molar-refractivity contribution in [3.8, 4) is 23.0 Å². The van der Waals surface area contributed by atoms with Crippen molar-refractivity contribution >= 4 is 60.7 Å². The van der Waals surface area contributed by atoms with Crippen LogP contribution in [0.1, 0.15) is 47.1 Å². The number of hydrogen-bond acceptors (Lipinski definition) is 4. The van der Waals surface area contributed by atoms with Crippen LogP contribution >= 0.6 is 0 Å². The van der Waals surface area contributed by atoms with Crippen LogP contribution in [0.5, 0.6) is 11.5 Å². The minimum Gasteiger partial charge on any atom is -0.509 e. The quantitative estimate of drug-likeness (QED) is 0.161. The fraction of sp³-hybridized carbons (Fsp3) is 0.160. The monoisotopic (exact) mass is 923 g/mol. The summed E-state index contributed by atoms with van der Waals surface area (Å²) < 4.78 is 11.2. The van der Waals surface area contributed by atoms with E-state index in [2.05, 4.69) is 195 Å². The Bertz CT molecular complexity index is 2970. The normalized spacial score (nSPS) is 13.2. The van der Waals surface area contributed by atoms with E-state index < -0.39 is 0 Å². The molecule has 0 amide bonds. The molecule has 286 valence electrons. The molecule has 0 saturated heterocycles.